The molecule has 0 fully saturated rings. The molecular weight excluding hydrogens is 718 g/mol. The van der Waals surface area contributed by atoms with Crippen LogP contribution in [0.25, 0.3) is 21.1 Å². The van der Waals surface area contributed by atoms with Crippen LogP contribution in [-0.4, -0.2) is 49.9 Å². The van der Waals surface area contributed by atoms with Gasteiger partial charge in [-0.15, -0.1) is 45.9 Å². The van der Waals surface area contributed by atoms with E-state index in [2.05, 4.69) is 19.9 Å². The Kier molecular flexibility index (Phi) is 15.5. The van der Waals surface area contributed by atoms with Crippen LogP contribution in [0.5, 0.6) is 0 Å². The first-order valence-electron chi connectivity index (χ1n) is 12.5. The quantitative estimate of drug-likeness (QED) is 0.120. The lowest BCUT2D eigenvalue weighted by atomic mass is 10.1. The Morgan fingerprint density at radius 3 is 1.62 bits per heavy atom. The number of nitrogens with zero attached hydrogens (tertiary/aromatic N) is 4. The second-order valence-electron chi connectivity index (χ2n) is 8.33. The Balaban J connectivity index is 0.000000378. The number of hydrogen-bond donors (Lipinski definition) is 1. The Morgan fingerprint density at radius 1 is 0.867 bits per heavy atom. The lowest BCUT2D eigenvalue weighted by Crippen LogP contribution is -2.10. The number of hydrogen-bond acceptors (Lipinski definition) is 9. The number of carbonyl (C=O) groups is 2. The van der Waals surface area contributed by atoms with Crippen LogP contribution >= 0.6 is 57.5 Å². The number of rotatable bonds is 6. The minimum absolute atomic E-state index is 0.0357. The molecule has 0 atom stereocenters. The summed E-state index contributed by atoms with van der Waals surface area (Å²) >= 11 is 17.5. The van der Waals surface area contributed by atoms with Crippen LogP contribution in [0.15, 0.2) is 35.3 Å². The van der Waals surface area contributed by atoms with E-state index in [-0.39, 0.29) is 35.1 Å². The standard InChI is InChI=1S/C13H10ClF3N2OS.C10H8F3N3S.C2H2Cl2O.CH3F/c1-7-2-8(5-18-11(7)13(15,16)17)12-19-9(6-21-12)3-10(20)4-14;1-5-2-6(9-16-7(14)4-17-9)3-15-8(5)10(11,12)13;3-1-2(4)5;1-2/h2,5-6H,3-4H2,1H3;2-4H,14H2,1H3;1H2;1H3/i;;;1D. The molecule has 0 spiro atoms. The van der Waals surface area contributed by atoms with Crippen LogP contribution in [0.3, 0.4) is 0 Å². The molecule has 0 amide bonds. The molecule has 19 heteroatoms. The highest BCUT2D eigenvalue weighted by molar-refractivity contribution is 7.13. The number of thiazole rings is 2. The number of pyridine rings is 2. The third-order valence-electron chi connectivity index (χ3n) is 4.89. The SMILES string of the molecule is Cc1cc(-c2nc(CC(=O)CCl)cs2)cnc1C(F)(F)F.Cc1cc(-c2nc(N)cs2)cnc1C(F)(F)F.O=C(Cl)CCl.[2H]CF. The van der Waals surface area contributed by atoms with Crippen LogP contribution in [0.2, 0.25) is 0 Å². The number of nitrogen functional groups attached to an aromatic ring is 1. The maximum absolute atomic E-state index is 12.6. The van der Waals surface area contributed by atoms with Crippen molar-refractivity contribution >= 4 is 74.3 Å². The summed E-state index contributed by atoms with van der Waals surface area (Å²) in [6.07, 6.45) is -6.48. The number of carbonyl (C=O) groups excluding carboxylic acids is 2. The van der Waals surface area contributed by atoms with Gasteiger partial charge in [0.15, 0.2) is 5.78 Å². The lowest BCUT2D eigenvalue weighted by Gasteiger charge is -2.09. The van der Waals surface area contributed by atoms with Gasteiger partial charge in [-0.05, 0) is 48.7 Å². The monoisotopic (exact) mass is 740 g/mol. The zero-order chi connectivity index (χ0) is 35.2. The number of anilines is 1. The molecule has 0 bridgehead atoms. The third kappa shape index (κ3) is 13.1. The number of Topliss-reactive ketones (excluding diaryl/α,β-unsaturated/α-hetero) is 1. The Morgan fingerprint density at radius 2 is 1.29 bits per heavy atom. The van der Waals surface area contributed by atoms with E-state index in [4.69, 9.17) is 41.9 Å². The second-order valence-corrected chi connectivity index (χ2v) is 11.0. The normalized spacial score (nSPS) is 11.2. The topological polar surface area (TPSA) is 112 Å². The Hall–Kier alpha value is -2.92. The van der Waals surface area contributed by atoms with E-state index >= 15 is 0 Å². The van der Waals surface area contributed by atoms with Crippen molar-refractivity contribution in [1.82, 2.24) is 19.9 Å². The van der Waals surface area contributed by atoms with E-state index in [0.717, 1.165) is 12.4 Å². The Bertz CT molecular complexity index is 1590. The molecular formula is C26H23Cl3F7N5O2S2. The van der Waals surface area contributed by atoms with Gasteiger partial charge in [0, 0.05) is 34.3 Å². The van der Waals surface area contributed by atoms with E-state index in [1.807, 2.05) is 0 Å². The molecule has 0 unspecified atom stereocenters. The molecule has 0 radical (unpaired) electrons. The fraction of sp³-hybridized carbons (Fsp3) is 0.308. The lowest BCUT2D eigenvalue weighted by molar-refractivity contribution is -0.142. The number of halogens is 10. The molecule has 0 saturated carbocycles. The van der Waals surface area contributed by atoms with Crippen molar-refractivity contribution < 1.29 is 41.7 Å². The van der Waals surface area contributed by atoms with Crippen LogP contribution in [0.4, 0.5) is 36.6 Å². The van der Waals surface area contributed by atoms with Crippen LogP contribution in [0.1, 0.15) is 29.6 Å². The summed E-state index contributed by atoms with van der Waals surface area (Å²) in [7, 11) is -1.00. The zero-order valence-corrected chi connectivity index (χ0v) is 27.0. The van der Waals surface area contributed by atoms with E-state index in [1.54, 1.807) is 10.8 Å². The molecule has 0 aliphatic heterocycles. The van der Waals surface area contributed by atoms with E-state index in [9.17, 15) is 40.3 Å². The average Bonchev–Trinajstić information content (AvgIpc) is 3.61. The maximum Gasteiger partial charge on any atom is 0.433 e. The van der Waals surface area contributed by atoms with Gasteiger partial charge in [0.05, 0.1) is 32.4 Å². The molecule has 4 rings (SSSR count). The van der Waals surface area contributed by atoms with Crippen molar-refractivity contribution in [3.8, 4) is 21.1 Å². The minimum atomic E-state index is -4.47. The fourth-order valence-corrected chi connectivity index (χ4v) is 4.75. The summed E-state index contributed by atoms with van der Waals surface area (Å²) in [6, 6.07) is 2.80. The fourth-order valence-electron chi connectivity index (χ4n) is 3.17. The van der Waals surface area contributed by atoms with E-state index in [1.165, 1.54) is 48.7 Å². The Labute approximate surface area is 277 Å². The molecule has 4 aromatic heterocycles. The molecule has 0 aliphatic carbocycles. The van der Waals surface area contributed by atoms with Gasteiger partial charge in [-0.3, -0.25) is 23.9 Å². The van der Waals surface area contributed by atoms with Crippen molar-refractivity contribution in [2.45, 2.75) is 32.6 Å². The first-order valence-corrected chi connectivity index (χ1v) is 15.0. The minimum Gasteiger partial charge on any atom is -0.383 e. The molecule has 2 N–H and O–H groups in total. The molecule has 0 aliphatic rings. The number of aryl methyl sites for hydroxylation is 2. The van der Waals surface area contributed by atoms with Crippen molar-refractivity contribution in [2.75, 3.05) is 24.6 Å². The van der Waals surface area contributed by atoms with Crippen LogP contribution in [0, 0.1) is 13.8 Å². The van der Waals surface area contributed by atoms with Gasteiger partial charge in [0.25, 0.3) is 0 Å². The second kappa shape index (κ2) is 18.3. The van der Waals surface area contributed by atoms with Gasteiger partial charge in [-0.1, -0.05) is 0 Å². The molecule has 246 valence electrons. The predicted octanol–water partition coefficient (Wildman–Crippen LogP) is 8.57. The van der Waals surface area contributed by atoms with Crippen molar-refractivity contribution in [2.24, 2.45) is 0 Å². The zero-order valence-electron chi connectivity index (χ0n) is 24.1. The summed E-state index contributed by atoms with van der Waals surface area (Å²) in [5.41, 5.74) is 5.38. The molecule has 0 saturated heterocycles. The van der Waals surface area contributed by atoms with Gasteiger partial charge >= 0.3 is 12.4 Å². The summed E-state index contributed by atoms with van der Waals surface area (Å²) in [6.45, 7) is 2.72. The summed E-state index contributed by atoms with van der Waals surface area (Å²) in [5.74, 6) is 0.00724. The molecule has 0 aromatic carbocycles. The predicted molar refractivity (Wildman–Crippen MR) is 163 cm³/mol. The highest BCUT2D eigenvalue weighted by atomic mass is 35.5. The molecule has 4 aromatic rings. The smallest absolute Gasteiger partial charge is 0.383 e. The summed E-state index contributed by atoms with van der Waals surface area (Å²) in [4.78, 5) is 35.8. The van der Waals surface area contributed by atoms with Crippen LogP contribution in [-0.2, 0) is 28.4 Å². The largest absolute Gasteiger partial charge is 0.433 e. The van der Waals surface area contributed by atoms with Gasteiger partial charge in [0.1, 0.15) is 27.2 Å². The number of alkyl halides is 9. The van der Waals surface area contributed by atoms with Gasteiger partial charge in [0.2, 0.25) is 5.24 Å². The van der Waals surface area contributed by atoms with Gasteiger partial charge in [-0.25, -0.2) is 9.97 Å². The van der Waals surface area contributed by atoms with E-state index < -0.39 is 36.1 Å². The first-order chi connectivity index (χ1) is 21.4. The van der Waals surface area contributed by atoms with Crippen molar-refractivity contribution in [1.29, 1.82) is 0 Å². The summed E-state index contributed by atoms with van der Waals surface area (Å²) in [5, 5.41) is 3.89. The molecule has 4 heterocycles. The third-order valence-corrected chi connectivity index (χ3v) is 7.55. The highest BCUT2D eigenvalue weighted by Gasteiger charge is 2.35. The van der Waals surface area contributed by atoms with Crippen molar-refractivity contribution in [3.05, 3.63) is 63.5 Å². The van der Waals surface area contributed by atoms with Gasteiger partial charge in [-0.2, -0.15) is 26.3 Å². The van der Waals surface area contributed by atoms with E-state index in [0.29, 0.717) is 32.7 Å². The van der Waals surface area contributed by atoms with Crippen molar-refractivity contribution in [3.63, 3.8) is 0 Å². The van der Waals surface area contributed by atoms with Gasteiger partial charge < -0.3 is 5.73 Å². The van der Waals surface area contributed by atoms with Crippen LogP contribution < -0.4 is 5.73 Å². The first kappa shape index (κ1) is 38.3. The molecule has 7 nitrogen and oxygen atoms in total. The average molecular weight is 742 g/mol. The highest BCUT2D eigenvalue weighted by Crippen LogP contribution is 2.34. The summed E-state index contributed by atoms with van der Waals surface area (Å²) < 4.78 is 90.9. The maximum atomic E-state index is 12.6. The molecule has 45 heavy (non-hydrogen) atoms. The number of ketones is 1. The number of aromatic nitrogens is 4. The number of nitrogens with two attached hydrogens (primary N) is 1.